The second kappa shape index (κ2) is 9.86. The molecule has 2 amide bonds. The van der Waals surface area contributed by atoms with Crippen molar-refractivity contribution in [2.75, 3.05) is 6.61 Å². The van der Waals surface area contributed by atoms with Crippen molar-refractivity contribution in [3.05, 3.63) is 58.6 Å². The van der Waals surface area contributed by atoms with Crippen LogP contribution in [0.5, 0.6) is 11.5 Å². The van der Waals surface area contributed by atoms with Gasteiger partial charge in [0.15, 0.2) is 16.7 Å². The third kappa shape index (κ3) is 5.25. The minimum absolute atomic E-state index is 0.258. The van der Waals surface area contributed by atoms with Crippen LogP contribution in [0.15, 0.2) is 47.6 Å². The Morgan fingerprint density at radius 1 is 1.20 bits per heavy atom. The van der Waals surface area contributed by atoms with Crippen LogP contribution in [0.4, 0.5) is 0 Å². The molecule has 158 valence electrons. The molecule has 0 spiro atoms. The van der Waals surface area contributed by atoms with Crippen molar-refractivity contribution in [3.63, 3.8) is 0 Å². The van der Waals surface area contributed by atoms with Gasteiger partial charge in [0, 0.05) is 13.8 Å². The van der Waals surface area contributed by atoms with E-state index in [1.165, 1.54) is 30.6 Å². The van der Waals surface area contributed by atoms with Crippen LogP contribution >= 0.6 is 23.4 Å². The van der Waals surface area contributed by atoms with E-state index < -0.39 is 5.37 Å². The summed E-state index contributed by atoms with van der Waals surface area (Å²) in [5.41, 5.74) is 1.71. The molecular formula is C21H22ClN3O4S. The van der Waals surface area contributed by atoms with Gasteiger partial charge in [0.2, 0.25) is 11.8 Å². The molecule has 0 bridgehead atoms. The van der Waals surface area contributed by atoms with Gasteiger partial charge in [-0.2, -0.15) is 0 Å². The van der Waals surface area contributed by atoms with Crippen molar-refractivity contribution in [2.24, 2.45) is 5.10 Å². The molecule has 0 radical (unpaired) electrons. The van der Waals surface area contributed by atoms with Crippen LogP contribution in [-0.2, 0) is 16.2 Å². The molecule has 1 aliphatic heterocycles. The van der Waals surface area contributed by atoms with Crippen LogP contribution in [-0.4, -0.2) is 28.6 Å². The van der Waals surface area contributed by atoms with Gasteiger partial charge in [-0.3, -0.25) is 9.59 Å². The Hall–Kier alpha value is -2.71. The third-order valence-electron chi connectivity index (χ3n) is 4.09. The number of carbonyl (C=O) groups is 2. The van der Waals surface area contributed by atoms with Crippen LogP contribution < -0.4 is 14.8 Å². The first kappa shape index (κ1) is 22.0. The van der Waals surface area contributed by atoms with E-state index in [1.807, 2.05) is 37.3 Å². The van der Waals surface area contributed by atoms with Crippen molar-refractivity contribution in [3.8, 4) is 11.5 Å². The van der Waals surface area contributed by atoms with Crippen LogP contribution in [0.1, 0.15) is 37.3 Å². The Labute approximate surface area is 184 Å². The average molecular weight is 448 g/mol. The molecule has 0 saturated heterocycles. The van der Waals surface area contributed by atoms with Gasteiger partial charge in [-0.05, 0) is 30.2 Å². The van der Waals surface area contributed by atoms with E-state index in [9.17, 15) is 9.59 Å². The Bertz CT molecular complexity index is 968. The van der Waals surface area contributed by atoms with Gasteiger partial charge in [-0.1, -0.05) is 53.7 Å². The number of thioether (sulfide) groups is 1. The monoisotopic (exact) mass is 447 g/mol. The molecule has 2 aromatic rings. The second-order valence-corrected chi connectivity index (χ2v) is 7.93. The number of hydrogen-bond acceptors (Lipinski definition) is 6. The molecule has 1 aliphatic rings. The zero-order valence-corrected chi connectivity index (χ0v) is 18.4. The van der Waals surface area contributed by atoms with Crippen LogP contribution in [0.25, 0.3) is 0 Å². The Morgan fingerprint density at radius 2 is 1.93 bits per heavy atom. The summed E-state index contributed by atoms with van der Waals surface area (Å²) in [6.07, 6.45) is 0. The first-order valence-electron chi connectivity index (χ1n) is 9.34. The van der Waals surface area contributed by atoms with Gasteiger partial charge < -0.3 is 14.8 Å². The maximum Gasteiger partial charge on any atom is 0.241 e. The fourth-order valence-corrected chi connectivity index (χ4v) is 4.23. The summed E-state index contributed by atoms with van der Waals surface area (Å²) in [6.45, 7) is 5.43. The summed E-state index contributed by atoms with van der Waals surface area (Å²) in [7, 11) is 0. The number of hydrazone groups is 1. The van der Waals surface area contributed by atoms with Gasteiger partial charge in [-0.15, -0.1) is 5.10 Å². The summed E-state index contributed by atoms with van der Waals surface area (Å²) in [5.74, 6) is 0.397. The predicted octanol–water partition coefficient (Wildman–Crippen LogP) is 4.32. The molecule has 0 saturated carbocycles. The Kier molecular flexibility index (Phi) is 7.23. The summed E-state index contributed by atoms with van der Waals surface area (Å²) in [6, 6.07) is 13.3. The van der Waals surface area contributed by atoms with Crippen molar-refractivity contribution in [1.29, 1.82) is 0 Å². The number of amides is 2. The van der Waals surface area contributed by atoms with Gasteiger partial charge in [-0.25, -0.2) is 5.01 Å². The largest absolute Gasteiger partial charge is 0.490 e. The fraction of sp³-hybridized carbons (Fsp3) is 0.286. The highest BCUT2D eigenvalue weighted by molar-refractivity contribution is 8.14. The lowest BCUT2D eigenvalue weighted by Gasteiger charge is -2.22. The third-order valence-corrected chi connectivity index (χ3v) is 5.48. The number of carbonyl (C=O) groups excluding carboxylic acids is 2. The lowest BCUT2D eigenvalue weighted by molar-refractivity contribution is -0.129. The smallest absolute Gasteiger partial charge is 0.241 e. The molecule has 30 heavy (non-hydrogen) atoms. The SMILES string of the molecule is CCOc1cc(C2SC(NC(C)=O)=NN2C(C)=O)cc(Cl)c1OCc1ccccc1. The number of nitrogens with one attached hydrogen (secondary N) is 1. The van der Waals surface area contributed by atoms with E-state index in [1.54, 1.807) is 12.1 Å². The number of benzene rings is 2. The lowest BCUT2D eigenvalue weighted by atomic mass is 10.2. The van der Waals surface area contributed by atoms with Gasteiger partial charge in [0.1, 0.15) is 12.0 Å². The molecule has 0 aromatic heterocycles. The maximum absolute atomic E-state index is 12.1. The number of rotatable bonds is 6. The van der Waals surface area contributed by atoms with Crippen molar-refractivity contribution in [1.82, 2.24) is 10.3 Å². The molecule has 3 rings (SSSR count). The van der Waals surface area contributed by atoms with E-state index in [-0.39, 0.29) is 11.8 Å². The molecule has 9 heteroatoms. The van der Waals surface area contributed by atoms with Crippen LogP contribution in [0, 0.1) is 0 Å². The van der Waals surface area contributed by atoms with Crippen molar-refractivity contribution < 1.29 is 19.1 Å². The number of amidine groups is 1. The van der Waals surface area contributed by atoms with E-state index >= 15 is 0 Å². The van der Waals surface area contributed by atoms with E-state index in [0.29, 0.717) is 40.5 Å². The summed E-state index contributed by atoms with van der Waals surface area (Å²) >= 11 is 7.79. The molecule has 0 fully saturated rings. The van der Waals surface area contributed by atoms with Crippen molar-refractivity contribution in [2.45, 2.75) is 32.8 Å². The first-order valence-corrected chi connectivity index (χ1v) is 10.6. The first-order chi connectivity index (χ1) is 14.4. The lowest BCUT2D eigenvalue weighted by Crippen LogP contribution is -2.25. The van der Waals surface area contributed by atoms with E-state index in [2.05, 4.69) is 10.4 Å². The number of halogens is 1. The second-order valence-electron chi connectivity index (χ2n) is 6.46. The molecule has 2 aromatic carbocycles. The van der Waals surface area contributed by atoms with Gasteiger partial charge in [0.25, 0.3) is 0 Å². The molecule has 1 N–H and O–H groups in total. The van der Waals surface area contributed by atoms with Gasteiger partial charge in [0.05, 0.1) is 11.6 Å². The number of ether oxygens (including phenoxy) is 2. The zero-order valence-electron chi connectivity index (χ0n) is 16.8. The minimum atomic E-state index is -0.482. The fourth-order valence-electron chi connectivity index (χ4n) is 2.84. The standard InChI is InChI=1S/C21H22ClN3O4S/c1-4-28-18-11-16(20-25(14(3)27)24-21(30-20)23-13(2)26)10-17(22)19(18)29-12-15-8-6-5-7-9-15/h5-11,20H,4,12H2,1-3H3,(H,23,24,26). The zero-order chi connectivity index (χ0) is 21.7. The summed E-state index contributed by atoms with van der Waals surface area (Å²) in [5, 5.41) is 8.37. The molecular weight excluding hydrogens is 426 g/mol. The molecule has 1 unspecified atom stereocenters. The van der Waals surface area contributed by atoms with Crippen LogP contribution in [0.2, 0.25) is 5.02 Å². The van der Waals surface area contributed by atoms with E-state index in [4.69, 9.17) is 21.1 Å². The number of nitrogens with zero attached hydrogens (tertiary/aromatic N) is 2. The molecule has 1 heterocycles. The molecule has 0 aliphatic carbocycles. The minimum Gasteiger partial charge on any atom is -0.490 e. The maximum atomic E-state index is 12.1. The quantitative estimate of drug-likeness (QED) is 0.713. The van der Waals surface area contributed by atoms with E-state index in [0.717, 1.165) is 5.56 Å². The summed E-state index contributed by atoms with van der Waals surface area (Å²) in [4.78, 5) is 23.5. The predicted molar refractivity (Wildman–Crippen MR) is 117 cm³/mol. The summed E-state index contributed by atoms with van der Waals surface area (Å²) < 4.78 is 11.7. The normalized spacial score (nSPS) is 15.5. The Balaban J connectivity index is 1.88. The highest BCUT2D eigenvalue weighted by Crippen LogP contribution is 2.45. The van der Waals surface area contributed by atoms with Crippen LogP contribution in [0.3, 0.4) is 0 Å². The number of hydrogen-bond donors (Lipinski definition) is 1. The topological polar surface area (TPSA) is 80.2 Å². The van der Waals surface area contributed by atoms with Gasteiger partial charge >= 0.3 is 0 Å². The highest BCUT2D eigenvalue weighted by Gasteiger charge is 2.33. The Morgan fingerprint density at radius 3 is 2.57 bits per heavy atom. The molecule has 7 nitrogen and oxygen atoms in total. The van der Waals surface area contributed by atoms with Crippen molar-refractivity contribution >= 4 is 40.3 Å². The molecule has 1 atom stereocenters. The average Bonchev–Trinajstić information content (AvgIpc) is 3.11. The highest BCUT2D eigenvalue weighted by atomic mass is 35.5.